The summed E-state index contributed by atoms with van der Waals surface area (Å²) < 4.78 is 0. The second kappa shape index (κ2) is 17.9. The third-order valence-electron chi connectivity index (χ3n) is 7.52. The number of hydrogen-bond acceptors (Lipinski definition) is 9. The van der Waals surface area contributed by atoms with Crippen LogP contribution in [0.1, 0.15) is 58.4 Å². The predicted octanol–water partition coefficient (Wildman–Crippen LogP) is -1.73. The first-order valence-electron chi connectivity index (χ1n) is 15.3. The van der Waals surface area contributed by atoms with Gasteiger partial charge in [-0.3, -0.25) is 24.2 Å². The topological polar surface area (TPSA) is 276 Å². The number of carbonyl (C=O) groups is 5. The summed E-state index contributed by atoms with van der Waals surface area (Å²) in [7, 11) is 0. The number of aliphatic imine (C=N–C) groups is 1. The van der Waals surface area contributed by atoms with Gasteiger partial charge in [0.1, 0.15) is 23.9 Å². The van der Waals surface area contributed by atoms with Crippen LogP contribution in [-0.2, 0) is 30.4 Å². The van der Waals surface area contributed by atoms with Gasteiger partial charge in [0.15, 0.2) is 12.0 Å². The van der Waals surface area contributed by atoms with Crippen LogP contribution in [0.4, 0.5) is 0 Å². The summed E-state index contributed by atoms with van der Waals surface area (Å²) in [5.41, 5.74) is 17.3. The van der Waals surface area contributed by atoms with Crippen LogP contribution in [0.25, 0.3) is 0 Å². The van der Waals surface area contributed by atoms with Gasteiger partial charge in [0, 0.05) is 19.5 Å². The lowest BCUT2D eigenvalue weighted by Crippen LogP contribution is -2.59. The van der Waals surface area contributed by atoms with Crippen molar-refractivity contribution in [3.63, 3.8) is 0 Å². The number of nitrogens with zero attached hydrogens (tertiary/aromatic N) is 2. The minimum Gasteiger partial charge on any atom is -0.508 e. The number of carboxylic acid groups (broad SMARTS) is 1. The van der Waals surface area contributed by atoms with E-state index in [0.29, 0.717) is 18.4 Å². The lowest BCUT2D eigenvalue weighted by Gasteiger charge is -2.31. The largest absolute Gasteiger partial charge is 0.508 e. The Kier molecular flexibility index (Phi) is 14.7. The number of benzene rings is 1. The van der Waals surface area contributed by atoms with Crippen molar-refractivity contribution in [1.29, 1.82) is 0 Å². The summed E-state index contributed by atoms with van der Waals surface area (Å²) in [6.45, 7) is 5.43. The number of hydrogen-bond donors (Lipinski definition) is 9. The Morgan fingerprint density at radius 3 is 2.20 bits per heavy atom. The number of carboxylic acids is 1. The van der Waals surface area contributed by atoms with Gasteiger partial charge in [0.25, 0.3) is 0 Å². The van der Waals surface area contributed by atoms with E-state index in [1.807, 2.05) is 13.8 Å². The van der Waals surface area contributed by atoms with E-state index >= 15 is 0 Å². The number of aromatic hydroxyl groups is 1. The Bertz CT molecular complexity index is 1240. The maximum atomic E-state index is 13.8. The first kappa shape index (κ1) is 37.7. The fraction of sp³-hybridized carbons (Fsp3) is 0.600. The molecule has 16 nitrogen and oxygen atoms in total. The molecule has 1 aliphatic heterocycles. The first-order valence-corrected chi connectivity index (χ1v) is 15.3. The summed E-state index contributed by atoms with van der Waals surface area (Å²) in [6.07, 6.45) is 0.261. The molecule has 1 saturated heterocycles. The molecule has 256 valence electrons. The van der Waals surface area contributed by atoms with Gasteiger partial charge in [-0.05, 0) is 62.6 Å². The van der Waals surface area contributed by atoms with Gasteiger partial charge in [-0.2, -0.15) is 0 Å². The molecule has 1 unspecified atom stereocenters. The van der Waals surface area contributed by atoms with Crippen LogP contribution in [0.5, 0.6) is 5.75 Å². The number of nitrogens with one attached hydrogen (secondary N) is 3. The summed E-state index contributed by atoms with van der Waals surface area (Å²) in [5.74, 6) is -4.05. The highest BCUT2D eigenvalue weighted by molar-refractivity contribution is 5.96. The Balaban J connectivity index is 2.25. The van der Waals surface area contributed by atoms with Crippen LogP contribution in [0, 0.1) is 5.92 Å². The molecule has 0 radical (unpaired) electrons. The van der Waals surface area contributed by atoms with Crippen molar-refractivity contribution in [3.05, 3.63) is 29.8 Å². The molecule has 0 bridgehead atoms. The van der Waals surface area contributed by atoms with Gasteiger partial charge < -0.3 is 53.4 Å². The van der Waals surface area contributed by atoms with E-state index in [-0.39, 0.29) is 56.4 Å². The van der Waals surface area contributed by atoms with Crippen molar-refractivity contribution in [2.45, 2.75) is 95.6 Å². The highest BCUT2D eigenvalue weighted by Gasteiger charge is 2.40. The van der Waals surface area contributed by atoms with E-state index in [9.17, 15) is 39.3 Å². The average molecular weight is 649 g/mol. The van der Waals surface area contributed by atoms with E-state index < -0.39 is 65.9 Å². The molecule has 1 aliphatic rings. The zero-order valence-electron chi connectivity index (χ0n) is 26.5. The zero-order chi connectivity index (χ0) is 34.6. The van der Waals surface area contributed by atoms with E-state index in [0.717, 1.165) is 0 Å². The molecule has 1 heterocycles. The monoisotopic (exact) mass is 648 g/mol. The highest BCUT2D eigenvalue weighted by atomic mass is 16.4. The average Bonchev–Trinajstić information content (AvgIpc) is 3.47. The summed E-state index contributed by atoms with van der Waals surface area (Å²) >= 11 is 0. The highest BCUT2D eigenvalue weighted by Crippen LogP contribution is 2.21. The van der Waals surface area contributed by atoms with Crippen molar-refractivity contribution >= 4 is 35.6 Å². The third-order valence-corrected chi connectivity index (χ3v) is 7.52. The molecule has 0 aliphatic carbocycles. The number of aliphatic carboxylic acids is 1. The number of guanidine groups is 1. The smallest absolute Gasteiger partial charge is 0.328 e. The molecule has 1 aromatic carbocycles. The molecular weight excluding hydrogens is 600 g/mol. The predicted molar refractivity (Wildman–Crippen MR) is 169 cm³/mol. The number of phenols is 1. The third kappa shape index (κ3) is 11.8. The summed E-state index contributed by atoms with van der Waals surface area (Å²) in [6, 6.07) is 0.330. The number of phenolic OH excluding ortho intramolecular Hbond substituents is 1. The maximum Gasteiger partial charge on any atom is 0.328 e. The molecule has 4 amide bonds. The zero-order valence-corrected chi connectivity index (χ0v) is 26.5. The van der Waals surface area contributed by atoms with Gasteiger partial charge in [-0.15, -0.1) is 0 Å². The van der Waals surface area contributed by atoms with Crippen molar-refractivity contribution in [3.8, 4) is 5.75 Å². The molecule has 0 spiro atoms. The van der Waals surface area contributed by atoms with E-state index in [4.69, 9.17) is 17.2 Å². The fourth-order valence-corrected chi connectivity index (χ4v) is 5.11. The van der Waals surface area contributed by atoms with Gasteiger partial charge in [-0.25, -0.2) is 4.79 Å². The standard InChI is InChI=1S/C30H48N8O8/c1-16(2)14-22(28(44)38-13-5-7-23(38)27(43)37-24(17(3)39)29(45)46)36-26(42)21(15-18-8-10-19(40)11-9-18)35-25(41)20(31)6-4-12-34-30(32)33/h8-11,16-17,20-24,39-40H,4-7,12-15,31H2,1-3H3,(H,35,41)(H,36,42)(H,37,43)(H,45,46)(H4,32,33,34)/t17?,20-,21-,22-,23-,24-/m0/s1. The molecular formula is C30H48N8O8. The second-order valence-electron chi connectivity index (χ2n) is 11.9. The number of rotatable bonds is 17. The summed E-state index contributed by atoms with van der Waals surface area (Å²) in [5, 5.41) is 36.6. The van der Waals surface area contributed by atoms with Crippen LogP contribution in [0.3, 0.4) is 0 Å². The van der Waals surface area contributed by atoms with Crippen LogP contribution in [0.2, 0.25) is 0 Å². The first-order chi connectivity index (χ1) is 21.6. The van der Waals surface area contributed by atoms with Crippen molar-refractivity contribution in [1.82, 2.24) is 20.9 Å². The van der Waals surface area contributed by atoms with Gasteiger partial charge in [0.05, 0.1) is 12.1 Å². The minimum atomic E-state index is -1.56. The lowest BCUT2D eigenvalue weighted by molar-refractivity contribution is -0.147. The minimum absolute atomic E-state index is 0.0197. The van der Waals surface area contributed by atoms with Crippen LogP contribution in [-0.4, -0.2) is 105 Å². The molecule has 2 rings (SSSR count). The Labute approximate surface area is 268 Å². The molecule has 46 heavy (non-hydrogen) atoms. The molecule has 1 fully saturated rings. The normalized spacial score (nSPS) is 17.7. The van der Waals surface area contributed by atoms with Crippen LogP contribution >= 0.6 is 0 Å². The Morgan fingerprint density at radius 1 is 1.00 bits per heavy atom. The number of aliphatic hydroxyl groups excluding tert-OH is 1. The quantitative estimate of drug-likeness (QED) is 0.0520. The van der Waals surface area contributed by atoms with Gasteiger partial charge >= 0.3 is 5.97 Å². The molecule has 1 aromatic rings. The van der Waals surface area contributed by atoms with Crippen molar-refractivity contribution in [2.75, 3.05) is 13.1 Å². The van der Waals surface area contributed by atoms with Gasteiger partial charge in [-0.1, -0.05) is 26.0 Å². The van der Waals surface area contributed by atoms with Crippen molar-refractivity contribution in [2.24, 2.45) is 28.1 Å². The van der Waals surface area contributed by atoms with Crippen LogP contribution < -0.4 is 33.2 Å². The molecule has 0 saturated carbocycles. The van der Waals surface area contributed by atoms with E-state index in [1.165, 1.54) is 24.0 Å². The van der Waals surface area contributed by atoms with Gasteiger partial charge in [0.2, 0.25) is 23.6 Å². The summed E-state index contributed by atoms with van der Waals surface area (Å²) in [4.78, 5) is 70.3. The molecule has 16 heteroatoms. The number of likely N-dealkylation sites (tertiary alicyclic amines) is 1. The number of carbonyl (C=O) groups excluding carboxylic acids is 4. The number of amides is 4. The van der Waals surface area contributed by atoms with Crippen molar-refractivity contribution < 1.29 is 39.3 Å². The number of aliphatic hydroxyl groups is 1. The lowest BCUT2D eigenvalue weighted by atomic mass is 10.00. The van der Waals surface area contributed by atoms with E-state index in [1.54, 1.807) is 12.1 Å². The molecule has 12 N–H and O–H groups in total. The van der Waals surface area contributed by atoms with Crippen LogP contribution in [0.15, 0.2) is 29.3 Å². The second-order valence-corrected chi connectivity index (χ2v) is 11.9. The van der Waals surface area contributed by atoms with E-state index in [2.05, 4.69) is 20.9 Å². The molecule has 6 atom stereocenters. The Morgan fingerprint density at radius 2 is 1.63 bits per heavy atom. The SMILES string of the molecule is CC(C)C[C@H](NC(=O)[C@H](Cc1ccc(O)cc1)NC(=O)[C@@H](N)CCCN=C(N)N)C(=O)N1CCC[C@H]1C(=O)N[C@H](C(=O)O)C(C)O. The fourth-order valence-electron chi connectivity index (χ4n) is 5.11. The number of nitrogens with two attached hydrogens (primary N) is 3. The maximum absolute atomic E-state index is 13.8. The molecule has 0 aromatic heterocycles. The Hall–Kier alpha value is -4.44.